The second-order valence-electron chi connectivity index (χ2n) is 4.66. The van der Waals surface area contributed by atoms with Crippen LogP contribution in [0.3, 0.4) is 0 Å². The Morgan fingerprint density at radius 3 is 2.50 bits per heavy atom. The van der Waals surface area contributed by atoms with Crippen molar-refractivity contribution < 1.29 is 0 Å². The van der Waals surface area contributed by atoms with Gasteiger partial charge in [0.25, 0.3) is 0 Å². The summed E-state index contributed by atoms with van der Waals surface area (Å²) < 4.78 is 0. The molecule has 0 atom stereocenters. The van der Waals surface area contributed by atoms with E-state index in [9.17, 15) is 0 Å². The molecule has 20 heavy (non-hydrogen) atoms. The predicted molar refractivity (Wildman–Crippen MR) is 82.6 cm³/mol. The van der Waals surface area contributed by atoms with Crippen LogP contribution in [-0.4, -0.2) is 16.5 Å². The number of nitrogens with one attached hydrogen (secondary N) is 1. The molecule has 0 radical (unpaired) electrons. The summed E-state index contributed by atoms with van der Waals surface area (Å²) in [6, 6.07) is 15.8. The lowest BCUT2D eigenvalue weighted by molar-refractivity contribution is 1.01. The molecule has 0 amide bonds. The van der Waals surface area contributed by atoms with Crippen LogP contribution >= 0.6 is 0 Å². The molecule has 0 saturated carbocycles. The minimum Gasteiger partial charge on any atom is -0.399 e. The van der Waals surface area contributed by atoms with Gasteiger partial charge in [0.1, 0.15) is 5.82 Å². The van der Waals surface area contributed by atoms with E-state index in [0.29, 0.717) is 0 Å². The number of para-hydroxylation sites is 2. The summed E-state index contributed by atoms with van der Waals surface area (Å²) in [4.78, 5) is 8.90. The van der Waals surface area contributed by atoms with Crippen LogP contribution in [-0.2, 0) is 6.42 Å². The number of benzene rings is 2. The van der Waals surface area contributed by atoms with E-state index in [1.165, 1.54) is 5.56 Å². The van der Waals surface area contributed by atoms with Crippen LogP contribution in [0.4, 0.5) is 11.5 Å². The summed E-state index contributed by atoms with van der Waals surface area (Å²) in [6.07, 6.45) is 2.69. The third-order valence-corrected chi connectivity index (χ3v) is 3.15. The molecule has 3 aromatic rings. The number of nitrogens with zero attached hydrogens (tertiary/aromatic N) is 2. The van der Waals surface area contributed by atoms with Crippen LogP contribution < -0.4 is 11.1 Å². The molecule has 0 aliphatic carbocycles. The molecule has 0 spiro atoms. The van der Waals surface area contributed by atoms with Crippen LogP contribution in [0.25, 0.3) is 11.0 Å². The highest BCUT2D eigenvalue weighted by Gasteiger charge is 1.99. The fourth-order valence-corrected chi connectivity index (χ4v) is 2.06. The molecule has 2 aromatic carbocycles. The number of nitrogen functional groups attached to an aromatic ring is 1. The smallest absolute Gasteiger partial charge is 0.145 e. The molecule has 1 heterocycles. The summed E-state index contributed by atoms with van der Waals surface area (Å²) in [5.74, 6) is 0.805. The zero-order valence-corrected chi connectivity index (χ0v) is 11.1. The molecule has 0 fully saturated rings. The first-order valence-electron chi connectivity index (χ1n) is 6.61. The van der Waals surface area contributed by atoms with Crippen molar-refractivity contribution in [2.24, 2.45) is 0 Å². The Labute approximate surface area is 117 Å². The maximum absolute atomic E-state index is 5.67. The second kappa shape index (κ2) is 5.57. The maximum atomic E-state index is 5.67. The van der Waals surface area contributed by atoms with E-state index in [1.807, 2.05) is 48.5 Å². The van der Waals surface area contributed by atoms with Gasteiger partial charge in [-0.2, -0.15) is 0 Å². The van der Waals surface area contributed by atoms with Crippen molar-refractivity contribution in [3.63, 3.8) is 0 Å². The topological polar surface area (TPSA) is 63.8 Å². The highest BCUT2D eigenvalue weighted by molar-refractivity contribution is 5.75. The molecular formula is C16H16N4. The van der Waals surface area contributed by atoms with Gasteiger partial charge < -0.3 is 11.1 Å². The standard InChI is InChI=1S/C16H16N4/c17-13-7-5-12(6-8-13)9-10-18-16-11-19-14-3-1-2-4-15(14)20-16/h1-8,11H,9-10,17H2,(H,18,20). The van der Waals surface area contributed by atoms with Gasteiger partial charge in [-0.05, 0) is 36.2 Å². The normalized spacial score (nSPS) is 10.6. The van der Waals surface area contributed by atoms with Gasteiger partial charge in [0, 0.05) is 12.2 Å². The number of fused-ring (bicyclic) bond motifs is 1. The van der Waals surface area contributed by atoms with Gasteiger partial charge in [0.2, 0.25) is 0 Å². The van der Waals surface area contributed by atoms with E-state index >= 15 is 0 Å². The molecule has 100 valence electrons. The highest BCUT2D eigenvalue weighted by Crippen LogP contribution is 2.11. The third kappa shape index (κ3) is 2.85. The van der Waals surface area contributed by atoms with Gasteiger partial charge in [0.15, 0.2) is 0 Å². The monoisotopic (exact) mass is 264 g/mol. The van der Waals surface area contributed by atoms with Crippen LogP contribution in [0.15, 0.2) is 54.7 Å². The van der Waals surface area contributed by atoms with Gasteiger partial charge in [0.05, 0.1) is 17.2 Å². The molecule has 0 aliphatic heterocycles. The minimum absolute atomic E-state index is 0.794. The van der Waals surface area contributed by atoms with Crippen LogP contribution in [0.5, 0.6) is 0 Å². The Balaban J connectivity index is 1.63. The van der Waals surface area contributed by atoms with Crippen molar-refractivity contribution in [2.75, 3.05) is 17.6 Å². The number of hydrogen-bond acceptors (Lipinski definition) is 4. The van der Waals surface area contributed by atoms with Gasteiger partial charge in [-0.25, -0.2) is 4.98 Å². The predicted octanol–water partition coefficient (Wildman–Crippen LogP) is 2.87. The third-order valence-electron chi connectivity index (χ3n) is 3.15. The number of anilines is 2. The van der Waals surface area contributed by atoms with Crippen LogP contribution in [0.2, 0.25) is 0 Å². The average Bonchev–Trinajstić information content (AvgIpc) is 2.49. The van der Waals surface area contributed by atoms with Crippen LogP contribution in [0.1, 0.15) is 5.56 Å². The molecule has 0 saturated heterocycles. The van der Waals surface area contributed by atoms with Gasteiger partial charge in [-0.15, -0.1) is 0 Å². The van der Waals surface area contributed by atoms with Crippen LogP contribution in [0, 0.1) is 0 Å². The quantitative estimate of drug-likeness (QED) is 0.711. The molecule has 3 rings (SSSR count). The maximum Gasteiger partial charge on any atom is 0.145 e. The van der Waals surface area contributed by atoms with E-state index in [1.54, 1.807) is 6.20 Å². The Hall–Kier alpha value is -2.62. The van der Waals surface area contributed by atoms with Crippen molar-refractivity contribution in [1.82, 2.24) is 9.97 Å². The van der Waals surface area contributed by atoms with E-state index in [-0.39, 0.29) is 0 Å². The van der Waals surface area contributed by atoms with Crippen molar-refractivity contribution in [3.05, 3.63) is 60.3 Å². The largest absolute Gasteiger partial charge is 0.399 e. The molecule has 3 N–H and O–H groups in total. The van der Waals surface area contributed by atoms with Crippen molar-refractivity contribution in [1.29, 1.82) is 0 Å². The molecular weight excluding hydrogens is 248 g/mol. The van der Waals surface area contributed by atoms with Gasteiger partial charge in [-0.1, -0.05) is 24.3 Å². The summed E-state index contributed by atoms with van der Waals surface area (Å²) in [6.45, 7) is 0.816. The molecule has 1 aromatic heterocycles. The Morgan fingerprint density at radius 2 is 1.70 bits per heavy atom. The average molecular weight is 264 g/mol. The fourth-order valence-electron chi connectivity index (χ4n) is 2.06. The lowest BCUT2D eigenvalue weighted by Gasteiger charge is -2.06. The number of hydrogen-bond donors (Lipinski definition) is 2. The molecule has 0 aliphatic rings. The first kappa shape index (κ1) is 12.4. The lowest BCUT2D eigenvalue weighted by atomic mass is 10.1. The Kier molecular flexibility index (Phi) is 3.46. The lowest BCUT2D eigenvalue weighted by Crippen LogP contribution is -2.06. The van der Waals surface area contributed by atoms with Gasteiger partial charge >= 0.3 is 0 Å². The summed E-state index contributed by atoms with van der Waals surface area (Å²) in [5, 5.41) is 3.30. The molecule has 4 nitrogen and oxygen atoms in total. The van der Waals surface area contributed by atoms with E-state index in [4.69, 9.17) is 5.73 Å². The molecule has 0 unspecified atom stereocenters. The minimum atomic E-state index is 0.794. The van der Waals surface area contributed by atoms with E-state index < -0.39 is 0 Å². The first-order chi connectivity index (χ1) is 9.81. The highest BCUT2D eigenvalue weighted by atomic mass is 15.0. The van der Waals surface area contributed by atoms with Crippen molar-refractivity contribution >= 4 is 22.5 Å². The summed E-state index contributed by atoms with van der Waals surface area (Å²) >= 11 is 0. The zero-order chi connectivity index (χ0) is 13.8. The number of aromatic nitrogens is 2. The fraction of sp³-hybridized carbons (Fsp3) is 0.125. The molecule has 0 bridgehead atoms. The first-order valence-corrected chi connectivity index (χ1v) is 6.61. The second-order valence-corrected chi connectivity index (χ2v) is 4.66. The Bertz CT molecular complexity index is 707. The zero-order valence-electron chi connectivity index (χ0n) is 11.1. The SMILES string of the molecule is Nc1ccc(CCNc2cnc3ccccc3n2)cc1. The Morgan fingerprint density at radius 1 is 0.950 bits per heavy atom. The van der Waals surface area contributed by atoms with E-state index in [2.05, 4.69) is 15.3 Å². The molecule has 4 heteroatoms. The summed E-state index contributed by atoms with van der Waals surface area (Å²) in [7, 11) is 0. The van der Waals surface area contributed by atoms with Gasteiger partial charge in [-0.3, -0.25) is 4.98 Å². The van der Waals surface area contributed by atoms with Crippen molar-refractivity contribution in [3.8, 4) is 0 Å². The number of rotatable bonds is 4. The number of nitrogens with two attached hydrogens (primary N) is 1. The summed E-state index contributed by atoms with van der Waals surface area (Å²) in [5.41, 5.74) is 9.53. The van der Waals surface area contributed by atoms with Crippen molar-refractivity contribution in [2.45, 2.75) is 6.42 Å². The van der Waals surface area contributed by atoms with E-state index in [0.717, 1.165) is 35.5 Å².